The molecule has 20 heavy (non-hydrogen) atoms. The van der Waals surface area contributed by atoms with Gasteiger partial charge in [0.1, 0.15) is 5.82 Å². The van der Waals surface area contributed by atoms with Gasteiger partial charge in [-0.25, -0.2) is 22.3 Å². The average Bonchev–Trinajstić information content (AvgIpc) is 2.77. The minimum atomic E-state index is -4.01. The molecule has 108 valence electrons. The van der Waals surface area contributed by atoms with Crippen LogP contribution in [0.2, 0.25) is 0 Å². The molecule has 9 heteroatoms. The zero-order valence-corrected chi connectivity index (χ0v) is 11.4. The molecule has 0 aliphatic heterocycles. The number of primary sulfonamides is 1. The van der Waals surface area contributed by atoms with Crippen molar-refractivity contribution in [1.29, 1.82) is 0 Å². The number of benzene rings is 1. The number of aromatic nitrogens is 3. The summed E-state index contributed by atoms with van der Waals surface area (Å²) in [5, 5.41) is 11.8. The van der Waals surface area contributed by atoms with Crippen molar-refractivity contribution in [3.05, 3.63) is 41.2 Å². The Morgan fingerprint density at radius 3 is 2.60 bits per heavy atom. The predicted molar refractivity (Wildman–Crippen MR) is 66.2 cm³/mol. The summed E-state index contributed by atoms with van der Waals surface area (Å²) in [4.78, 5) is 0. The number of nitrogens with two attached hydrogens (primary N) is 1. The van der Waals surface area contributed by atoms with Gasteiger partial charge in [-0.3, -0.25) is 0 Å². The Hall–Kier alpha value is -1.87. The van der Waals surface area contributed by atoms with Gasteiger partial charge in [0.2, 0.25) is 0 Å². The Bertz CT molecular complexity index is 743. The van der Waals surface area contributed by atoms with Gasteiger partial charge >= 0.3 is 0 Å². The molecule has 2 N–H and O–H groups in total. The summed E-state index contributed by atoms with van der Waals surface area (Å²) in [5.41, 5.74) is 0.0630. The van der Waals surface area contributed by atoms with Crippen LogP contribution in [0.1, 0.15) is 18.3 Å². The minimum absolute atomic E-state index is 0.0630. The van der Waals surface area contributed by atoms with Crippen LogP contribution < -0.4 is 5.14 Å². The molecule has 2 rings (SSSR count). The first kappa shape index (κ1) is 14.5. The van der Waals surface area contributed by atoms with E-state index in [0.717, 1.165) is 6.07 Å². The molecule has 0 atom stereocenters. The first-order valence-electron chi connectivity index (χ1n) is 5.72. The van der Waals surface area contributed by atoms with Crippen LogP contribution in [0, 0.1) is 11.6 Å². The highest BCUT2D eigenvalue weighted by Crippen LogP contribution is 2.16. The average molecular weight is 302 g/mol. The van der Waals surface area contributed by atoms with E-state index < -0.39 is 26.8 Å². The fourth-order valence-corrected chi connectivity index (χ4v) is 2.53. The third-order valence-corrected chi connectivity index (χ3v) is 3.56. The van der Waals surface area contributed by atoms with Gasteiger partial charge in [-0.1, -0.05) is 12.1 Å². The molecule has 6 nitrogen and oxygen atoms in total. The topological polar surface area (TPSA) is 90.9 Å². The second-order valence-corrected chi connectivity index (χ2v) is 5.53. The molecule has 0 spiro atoms. The van der Waals surface area contributed by atoms with Crippen LogP contribution in [0.5, 0.6) is 0 Å². The highest BCUT2D eigenvalue weighted by Gasteiger charge is 2.21. The van der Waals surface area contributed by atoms with Gasteiger partial charge in [-0.15, -0.1) is 10.2 Å². The number of rotatable bonds is 4. The van der Waals surface area contributed by atoms with Crippen LogP contribution in [-0.2, 0) is 23.0 Å². The Labute approximate surface area is 114 Å². The van der Waals surface area contributed by atoms with Gasteiger partial charge in [0.25, 0.3) is 15.2 Å². The highest BCUT2D eigenvalue weighted by atomic mass is 32.2. The summed E-state index contributed by atoms with van der Waals surface area (Å²) in [6.07, 6.45) is -0.0834. The number of halogens is 2. The maximum absolute atomic E-state index is 13.6. The largest absolute Gasteiger partial charge is 0.301 e. The molecule has 2 aromatic rings. The molecule has 0 unspecified atom stereocenters. The van der Waals surface area contributed by atoms with Gasteiger partial charge in [-0.2, -0.15) is 0 Å². The van der Waals surface area contributed by atoms with Gasteiger partial charge in [0.15, 0.2) is 11.6 Å². The fraction of sp³-hybridized carbons (Fsp3) is 0.273. The fourth-order valence-electron chi connectivity index (χ4n) is 1.83. The summed E-state index contributed by atoms with van der Waals surface area (Å²) in [6.45, 7) is 1.91. The number of hydrogen-bond donors (Lipinski definition) is 1. The van der Waals surface area contributed by atoms with Crippen molar-refractivity contribution in [2.24, 2.45) is 5.14 Å². The maximum Gasteiger partial charge on any atom is 0.273 e. The Morgan fingerprint density at radius 1 is 1.30 bits per heavy atom. The van der Waals surface area contributed by atoms with E-state index in [2.05, 4.69) is 10.2 Å². The van der Waals surface area contributed by atoms with Crippen LogP contribution >= 0.6 is 0 Å². The molecular formula is C11H12F2N4O2S. The van der Waals surface area contributed by atoms with Crippen LogP contribution in [0.15, 0.2) is 23.4 Å². The summed E-state index contributed by atoms with van der Waals surface area (Å²) >= 11 is 0. The molecule has 0 amide bonds. The molecule has 1 aromatic carbocycles. The lowest BCUT2D eigenvalue weighted by Crippen LogP contribution is -2.19. The molecule has 1 heterocycles. The van der Waals surface area contributed by atoms with Crippen molar-refractivity contribution in [1.82, 2.24) is 14.8 Å². The van der Waals surface area contributed by atoms with Crippen LogP contribution in [0.25, 0.3) is 0 Å². The summed E-state index contributed by atoms with van der Waals surface area (Å²) in [6, 6.07) is 3.75. The molecule has 0 fully saturated rings. The number of hydrogen-bond acceptors (Lipinski definition) is 4. The quantitative estimate of drug-likeness (QED) is 0.905. The Balaban J connectivity index is 2.45. The molecule has 0 bridgehead atoms. The van der Waals surface area contributed by atoms with Gasteiger partial charge < -0.3 is 4.57 Å². The second-order valence-electron chi connectivity index (χ2n) is 4.08. The van der Waals surface area contributed by atoms with Crippen molar-refractivity contribution in [3.63, 3.8) is 0 Å². The minimum Gasteiger partial charge on any atom is -0.301 e. The first-order chi connectivity index (χ1) is 9.34. The number of nitrogens with zero attached hydrogens (tertiary/aromatic N) is 3. The van der Waals surface area contributed by atoms with E-state index in [4.69, 9.17) is 5.14 Å². The normalized spacial score (nSPS) is 11.8. The van der Waals surface area contributed by atoms with E-state index in [-0.39, 0.29) is 24.4 Å². The molecular weight excluding hydrogens is 290 g/mol. The lowest BCUT2D eigenvalue weighted by Gasteiger charge is -2.07. The van der Waals surface area contributed by atoms with E-state index in [1.54, 1.807) is 6.92 Å². The van der Waals surface area contributed by atoms with Crippen molar-refractivity contribution in [2.45, 2.75) is 25.0 Å². The standard InChI is InChI=1S/C11H12F2N4O2S/c1-2-17-9(15-16-11(17)20(14,18)19)6-7-4-3-5-8(12)10(7)13/h3-5H,2,6H2,1H3,(H2,14,18,19). The number of sulfonamides is 1. The zero-order chi connectivity index (χ0) is 14.9. The van der Waals surface area contributed by atoms with Crippen LogP contribution in [-0.4, -0.2) is 23.2 Å². The lowest BCUT2D eigenvalue weighted by molar-refractivity contribution is 0.498. The molecule has 0 radical (unpaired) electrons. The van der Waals surface area contributed by atoms with E-state index in [9.17, 15) is 17.2 Å². The molecule has 0 saturated carbocycles. The summed E-state index contributed by atoms with van der Waals surface area (Å²) < 4.78 is 50.6. The summed E-state index contributed by atoms with van der Waals surface area (Å²) in [7, 11) is -4.01. The third-order valence-electron chi connectivity index (χ3n) is 2.74. The smallest absolute Gasteiger partial charge is 0.273 e. The lowest BCUT2D eigenvalue weighted by atomic mass is 10.1. The monoisotopic (exact) mass is 302 g/mol. The SMILES string of the molecule is CCn1c(Cc2cccc(F)c2F)nnc1S(N)(=O)=O. The van der Waals surface area contributed by atoms with Gasteiger partial charge in [0.05, 0.1) is 0 Å². The predicted octanol–water partition coefficient (Wildman–Crippen LogP) is 0.814. The molecule has 1 aromatic heterocycles. The molecule has 0 aliphatic carbocycles. The van der Waals surface area contributed by atoms with Crippen molar-refractivity contribution in [2.75, 3.05) is 0 Å². The van der Waals surface area contributed by atoms with E-state index in [1.165, 1.54) is 16.7 Å². The Kier molecular flexibility index (Phi) is 3.82. The van der Waals surface area contributed by atoms with Crippen LogP contribution in [0.4, 0.5) is 8.78 Å². The first-order valence-corrected chi connectivity index (χ1v) is 7.27. The van der Waals surface area contributed by atoms with E-state index in [0.29, 0.717) is 0 Å². The third kappa shape index (κ3) is 2.68. The van der Waals surface area contributed by atoms with Crippen molar-refractivity contribution in [3.8, 4) is 0 Å². The Morgan fingerprint density at radius 2 is 2.00 bits per heavy atom. The molecule has 0 aliphatic rings. The van der Waals surface area contributed by atoms with Crippen molar-refractivity contribution < 1.29 is 17.2 Å². The van der Waals surface area contributed by atoms with E-state index >= 15 is 0 Å². The second kappa shape index (κ2) is 5.25. The molecule has 0 saturated heterocycles. The van der Waals surface area contributed by atoms with Gasteiger partial charge in [-0.05, 0) is 18.6 Å². The van der Waals surface area contributed by atoms with E-state index in [1.807, 2.05) is 0 Å². The van der Waals surface area contributed by atoms with Crippen molar-refractivity contribution >= 4 is 10.0 Å². The maximum atomic E-state index is 13.6. The zero-order valence-electron chi connectivity index (χ0n) is 10.5. The van der Waals surface area contributed by atoms with Crippen LogP contribution in [0.3, 0.4) is 0 Å². The highest BCUT2D eigenvalue weighted by molar-refractivity contribution is 7.89. The summed E-state index contributed by atoms with van der Waals surface area (Å²) in [5.74, 6) is -1.77. The van der Waals surface area contributed by atoms with Gasteiger partial charge in [0, 0.05) is 13.0 Å².